The molecule has 2 heterocycles. The van der Waals surface area contributed by atoms with Crippen LogP contribution in [0.3, 0.4) is 0 Å². The van der Waals surface area contributed by atoms with Gasteiger partial charge in [0.05, 0.1) is 5.75 Å². The number of nitrogens with one attached hydrogen (secondary N) is 1. The molecule has 170 valence electrons. The molecule has 0 atom stereocenters. The van der Waals surface area contributed by atoms with Crippen LogP contribution in [0.15, 0.2) is 59.7 Å². The van der Waals surface area contributed by atoms with Crippen molar-refractivity contribution in [2.24, 2.45) is 4.99 Å². The minimum absolute atomic E-state index is 0. The van der Waals surface area contributed by atoms with E-state index >= 15 is 0 Å². The highest BCUT2D eigenvalue weighted by molar-refractivity contribution is 14.0. The normalized spacial score (nSPS) is 15.3. The van der Waals surface area contributed by atoms with Gasteiger partial charge < -0.3 is 15.1 Å². The summed E-state index contributed by atoms with van der Waals surface area (Å²) in [6.45, 7) is 3.25. The molecule has 10 heteroatoms. The molecule has 0 amide bonds. The number of aromatic nitrogens is 1. The molecule has 2 aromatic rings. The first kappa shape index (κ1) is 25.3. The van der Waals surface area contributed by atoms with E-state index in [9.17, 15) is 8.42 Å². The number of hydrogen-bond donors (Lipinski definition) is 1. The van der Waals surface area contributed by atoms with E-state index in [2.05, 4.69) is 32.3 Å². The van der Waals surface area contributed by atoms with Crippen molar-refractivity contribution in [2.45, 2.75) is 6.54 Å². The van der Waals surface area contributed by atoms with E-state index in [1.165, 1.54) is 5.56 Å². The molecule has 1 aromatic heterocycles. The summed E-state index contributed by atoms with van der Waals surface area (Å²) in [5.41, 5.74) is 1.17. The van der Waals surface area contributed by atoms with Gasteiger partial charge in [-0.15, -0.1) is 24.0 Å². The number of hydrogen-bond acceptors (Lipinski definition) is 5. The predicted molar refractivity (Wildman–Crippen MR) is 136 cm³/mol. The number of nitrogens with zero attached hydrogens (tertiary/aromatic N) is 5. The Bertz CT molecular complexity index is 919. The minimum atomic E-state index is -3.33. The number of rotatable bonds is 7. The summed E-state index contributed by atoms with van der Waals surface area (Å²) in [6.07, 6.45) is 1.76. The molecule has 3 rings (SSSR count). The minimum Gasteiger partial charge on any atom is -0.355 e. The van der Waals surface area contributed by atoms with Crippen LogP contribution < -0.4 is 10.2 Å². The van der Waals surface area contributed by atoms with E-state index in [0.717, 1.165) is 5.82 Å². The van der Waals surface area contributed by atoms with Crippen molar-refractivity contribution in [3.05, 3.63) is 60.3 Å². The van der Waals surface area contributed by atoms with Gasteiger partial charge in [0.2, 0.25) is 10.0 Å². The molecule has 0 aliphatic carbocycles. The quantitative estimate of drug-likeness (QED) is 0.318. The van der Waals surface area contributed by atoms with Gasteiger partial charge in [-0.3, -0.25) is 4.99 Å². The second-order valence-electron chi connectivity index (χ2n) is 7.21. The summed E-state index contributed by atoms with van der Waals surface area (Å²) in [5.74, 6) is 1.60. The number of benzene rings is 1. The maximum atomic E-state index is 12.8. The Morgan fingerprint density at radius 1 is 1.10 bits per heavy atom. The number of aliphatic imine (C=N–C) groups is 1. The van der Waals surface area contributed by atoms with Crippen LogP contribution in [-0.4, -0.2) is 81.1 Å². The molecule has 1 fully saturated rings. The summed E-state index contributed by atoms with van der Waals surface area (Å²) in [5, 5.41) is 3.17. The van der Waals surface area contributed by atoms with Crippen molar-refractivity contribution in [1.29, 1.82) is 0 Å². The first-order valence-corrected chi connectivity index (χ1v) is 11.7. The summed E-state index contributed by atoms with van der Waals surface area (Å²) in [6, 6.07) is 15.9. The molecular weight excluding hydrogens is 527 g/mol. The molecule has 1 aromatic carbocycles. The Labute approximate surface area is 202 Å². The van der Waals surface area contributed by atoms with Crippen molar-refractivity contribution >= 4 is 45.8 Å². The smallest absolute Gasteiger partial charge is 0.215 e. The van der Waals surface area contributed by atoms with Gasteiger partial charge in [-0.25, -0.2) is 13.4 Å². The highest BCUT2D eigenvalue weighted by Crippen LogP contribution is 2.14. The average molecular weight is 558 g/mol. The van der Waals surface area contributed by atoms with E-state index in [4.69, 9.17) is 0 Å². The van der Waals surface area contributed by atoms with Crippen LogP contribution in [0.5, 0.6) is 0 Å². The number of guanidine groups is 1. The molecule has 1 aliphatic rings. The zero-order valence-corrected chi connectivity index (χ0v) is 21.2. The monoisotopic (exact) mass is 558 g/mol. The van der Waals surface area contributed by atoms with Gasteiger partial charge in [0, 0.05) is 59.6 Å². The number of piperazine rings is 1. The molecular formula is C21H31IN6O2S. The lowest BCUT2D eigenvalue weighted by atomic mass is 10.2. The fraction of sp³-hybridized carbons (Fsp3) is 0.429. The third kappa shape index (κ3) is 7.32. The summed E-state index contributed by atoms with van der Waals surface area (Å²) in [7, 11) is 0.315. The number of pyridine rings is 1. The van der Waals surface area contributed by atoms with Gasteiger partial charge >= 0.3 is 0 Å². The Morgan fingerprint density at radius 2 is 1.77 bits per heavy atom. The van der Waals surface area contributed by atoms with Crippen molar-refractivity contribution in [2.75, 3.05) is 57.5 Å². The average Bonchev–Trinajstić information content (AvgIpc) is 2.78. The lowest BCUT2D eigenvalue weighted by Crippen LogP contribution is -2.50. The van der Waals surface area contributed by atoms with Gasteiger partial charge in [-0.1, -0.05) is 36.4 Å². The number of halogens is 1. The fourth-order valence-corrected chi connectivity index (χ4v) is 4.81. The maximum absolute atomic E-state index is 12.8. The second-order valence-corrected chi connectivity index (χ2v) is 9.29. The SMILES string of the molecule is CN=C(NCCS(=O)(=O)N1CCN(c2ccccn2)CC1)N(C)Cc1ccccc1.I. The first-order valence-electron chi connectivity index (χ1n) is 10.1. The van der Waals surface area contributed by atoms with Crippen molar-refractivity contribution in [3.8, 4) is 0 Å². The third-order valence-electron chi connectivity index (χ3n) is 5.08. The van der Waals surface area contributed by atoms with Crippen LogP contribution >= 0.6 is 24.0 Å². The molecule has 31 heavy (non-hydrogen) atoms. The van der Waals surface area contributed by atoms with E-state index in [1.807, 2.05) is 48.3 Å². The molecule has 0 unspecified atom stereocenters. The van der Waals surface area contributed by atoms with Crippen molar-refractivity contribution < 1.29 is 8.42 Å². The van der Waals surface area contributed by atoms with Gasteiger partial charge in [-0.05, 0) is 17.7 Å². The van der Waals surface area contributed by atoms with Gasteiger partial charge in [-0.2, -0.15) is 4.31 Å². The Morgan fingerprint density at radius 3 is 2.39 bits per heavy atom. The summed E-state index contributed by atoms with van der Waals surface area (Å²) >= 11 is 0. The van der Waals surface area contributed by atoms with Gasteiger partial charge in [0.1, 0.15) is 5.82 Å². The lowest BCUT2D eigenvalue weighted by molar-refractivity contribution is 0.383. The molecule has 1 N–H and O–H groups in total. The van der Waals surface area contributed by atoms with E-state index in [1.54, 1.807) is 17.5 Å². The standard InChI is InChI=1S/C21H30N6O2S.HI/c1-22-21(25(2)18-19-8-4-3-5-9-19)24-12-17-30(28,29)27-15-13-26(14-16-27)20-10-6-7-11-23-20;/h3-11H,12-18H2,1-2H3,(H,22,24);1H. The fourth-order valence-electron chi connectivity index (χ4n) is 3.47. The Hall–Kier alpha value is -1.92. The largest absolute Gasteiger partial charge is 0.355 e. The van der Waals surface area contributed by atoms with E-state index in [-0.39, 0.29) is 29.7 Å². The molecule has 1 aliphatic heterocycles. The first-order chi connectivity index (χ1) is 14.5. The van der Waals surface area contributed by atoms with Crippen LogP contribution in [-0.2, 0) is 16.6 Å². The summed E-state index contributed by atoms with van der Waals surface area (Å²) < 4.78 is 27.1. The van der Waals surface area contributed by atoms with Gasteiger partial charge in [0.15, 0.2) is 5.96 Å². The Kier molecular flexibility index (Phi) is 9.97. The molecule has 8 nitrogen and oxygen atoms in total. The highest BCUT2D eigenvalue weighted by Gasteiger charge is 2.27. The molecule has 0 saturated carbocycles. The Balaban J connectivity index is 0.00000341. The molecule has 0 radical (unpaired) electrons. The van der Waals surface area contributed by atoms with Crippen molar-refractivity contribution in [3.63, 3.8) is 0 Å². The van der Waals surface area contributed by atoms with Crippen molar-refractivity contribution in [1.82, 2.24) is 19.5 Å². The topological polar surface area (TPSA) is 81.1 Å². The highest BCUT2D eigenvalue weighted by atomic mass is 127. The number of sulfonamides is 1. The van der Waals surface area contributed by atoms with Crippen LogP contribution in [0.2, 0.25) is 0 Å². The lowest BCUT2D eigenvalue weighted by Gasteiger charge is -2.34. The summed E-state index contributed by atoms with van der Waals surface area (Å²) in [4.78, 5) is 12.7. The molecule has 1 saturated heterocycles. The van der Waals surface area contributed by atoms with Crippen LogP contribution in [0.25, 0.3) is 0 Å². The van der Waals surface area contributed by atoms with Crippen LogP contribution in [0, 0.1) is 0 Å². The molecule has 0 spiro atoms. The zero-order chi connectivity index (χ0) is 21.4. The molecule has 0 bridgehead atoms. The number of anilines is 1. The van der Waals surface area contributed by atoms with Crippen LogP contribution in [0.4, 0.5) is 5.82 Å². The maximum Gasteiger partial charge on any atom is 0.215 e. The van der Waals surface area contributed by atoms with Crippen LogP contribution in [0.1, 0.15) is 5.56 Å². The van der Waals surface area contributed by atoms with E-state index in [0.29, 0.717) is 45.2 Å². The van der Waals surface area contributed by atoms with E-state index < -0.39 is 10.0 Å². The predicted octanol–water partition coefficient (Wildman–Crippen LogP) is 1.86. The van der Waals surface area contributed by atoms with Gasteiger partial charge in [0.25, 0.3) is 0 Å². The second kappa shape index (κ2) is 12.2. The third-order valence-corrected chi connectivity index (χ3v) is 6.96. The zero-order valence-electron chi connectivity index (χ0n) is 18.0.